The Morgan fingerprint density at radius 3 is 2.53 bits per heavy atom. The lowest BCUT2D eigenvalue weighted by Gasteiger charge is -2.27. The van der Waals surface area contributed by atoms with E-state index in [1.807, 2.05) is 6.07 Å². The van der Waals surface area contributed by atoms with Gasteiger partial charge in [-0.15, -0.1) is 0 Å². The lowest BCUT2D eigenvalue weighted by atomic mass is 9.82. The lowest BCUT2D eigenvalue weighted by Crippen LogP contribution is -2.27. The van der Waals surface area contributed by atoms with Gasteiger partial charge in [0.2, 0.25) is 0 Å². The number of hydrogen-bond donors (Lipinski definition) is 0. The van der Waals surface area contributed by atoms with E-state index in [4.69, 9.17) is 4.98 Å². The third-order valence-electron chi connectivity index (χ3n) is 4.48. The van der Waals surface area contributed by atoms with E-state index in [0.29, 0.717) is 11.3 Å². The molecule has 0 saturated carbocycles. The van der Waals surface area contributed by atoms with E-state index in [2.05, 4.69) is 53.5 Å². The minimum atomic E-state index is 0.362. The summed E-state index contributed by atoms with van der Waals surface area (Å²) < 4.78 is 0.895. The molecule has 0 bridgehead atoms. The molecule has 2 heterocycles. The molecule has 0 unspecified atom stereocenters. The molecule has 0 amide bonds. The maximum absolute atomic E-state index is 4.73. The average molecular weight is 326 g/mol. The van der Waals surface area contributed by atoms with Crippen LogP contribution in [0.5, 0.6) is 0 Å². The summed E-state index contributed by atoms with van der Waals surface area (Å²) in [7, 11) is 0. The molecule has 0 aromatic carbocycles. The average Bonchev–Trinajstić information content (AvgIpc) is 2.83. The molecule has 1 aromatic rings. The fourth-order valence-corrected chi connectivity index (χ4v) is 3.19. The Bertz CT molecular complexity index is 441. The first-order valence-electron chi connectivity index (χ1n) is 7.29. The van der Waals surface area contributed by atoms with Crippen LogP contribution in [-0.4, -0.2) is 23.1 Å². The molecule has 106 valence electrons. The predicted molar refractivity (Wildman–Crippen MR) is 83.7 cm³/mol. The van der Waals surface area contributed by atoms with Gasteiger partial charge >= 0.3 is 0 Å². The highest BCUT2D eigenvalue weighted by Crippen LogP contribution is 2.38. The first-order valence-corrected chi connectivity index (χ1v) is 8.08. The molecule has 0 radical (unpaired) electrons. The molecule has 0 aliphatic carbocycles. The normalized spacial score (nSPS) is 18.3. The van der Waals surface area contributed by atoms with Crippen molar-refractivity contribution in [2.24, 2.45) is 5.41 Å². The van der Waals surface area contributed by atoms with Crippen LogP contribution in [0.25, 0.3) is 0 Å². The quantitative estimate of drug-likeness (QED) is 0.769. The molecular weight excluding hydrogens is 302 g/mol. The van der Waals surface area contributed by atoms with Crippen LogP contribution in [0.4, 0.5) is 5.82 Å². The first-order chi connectivity index (χ1) is 8.99. The van der Waals surface area contributed by atoms with Gasteiger partial charge in [-0.2, -0.15) is 0 Å². The van der Waals surface area contributed by atoms with Gasteiger partial charge < -0.3 is 4.90 Å². The van der Waals surface area contributed by atoms with E-state index in [1.165, 1.54) is 19.3 Å². The first kappa shape index (κ1) is 14.8. The zero-order valence-corrected chi connectivity index (χ0v) is 14.0. The van der Waals surface area contributed by atoms with Gasteiger partial charge in [0.25, 0.3) is 0 Å². The van der Waals surface area contributed by atoms with Gasteiger partial charge in [-0.25, -0.2) is 9.97 Å². The summed E-state index contributed by atoms with van der Waals surface area (Å²) in [5, 5.41) is 0. The van der Waals surface area contributed by atoms with Crippen LogP contribution in [0.1, 0.15) is 58.7 Å². The molecule has 0 atom stereocenters. The summed E-state index contributed by atoms with van der Waals surface area (Å²) in [4.78, 5) is 11.6. The van der Waals surface area contributed by atoms with Crippen LogP contribution in [0.15, 0.2) is 10.7 Å². The fraction of sp³-hybridized carbons (Fsp3) is 0.733. The summed E-state index contributed by atoms with van der Waals surface area (Å²) in [5.41, 5.74) is 0.482. The van der Waals surface area contributed by atoms with Gasteiger partial charge in [0, 0.05) is 25.1 Å². The number of rotatable bonds is 4. The zero-order chi connectivity index (χ0) is 14.0. The molecule has 0 N–H and O–H groups in total. The molecule has 1 aliphatic heterocycles. The summed E-state index contributed by atoms with van der Waals surface area (Å²) in [5.74, 6) is 2.37. The van der Waals surface area contributed by atoms with Crippen molar-refractivity contribution in [2.45, 2.75) is 52.9 Å². The molecule has 1 fully saturated rings. The van der Waals surface area contributed by atoms with Crippen LogP contribution in [0, 0.1) is 5.41 Å². The molecule has 0 spiro atoms. The molecule has 4 heteroatoms. The van der Waals surface area contributed by atoms with Crippen molar-refractivity contribution in [3.63, 3.8) is 0 Å². The van der Waals surface area contributed by atoms with Crippen molar-refractivity contribution < 1.29 is 0 Å². The van der Waals surface area contributed by atoms with Crippen molar-refractivity contribution >= 4 is 21.7 Å². The fourth-order valence-electron chi connectivity index (χ4n) is 2.80. The van der Waals surface area contributed by atoms with E-state index in [0.717, 1.165) is 29.3 Å². The van der Waals surface area contributed by atoms with Crippen molar-refractivity contribution in [2.75, 3.05) is 18.0 Å². The number of nitrogens with zero attached hydrogens (tertiary/aromatic N) is 3. The highest BCUT2D eigenvalue weighted by Gasteiger charge is 2.35. The van der Waals surface area contributed by atoms with E-state index in [1.54, 1.807) is 0 Å². The monoisotopic (exact) mass is 325 g/mol. The van der Waals surface area contributed by atoms with Crippen LogP contribution in [0.2, 0.25) is 0 Å². The molecule has 1 aromatic heterocycles. The highest BCUT2D eigenvalue weighted by molar-refractivity contribution is 9.10. The van der Waals surface area contributed by atoms with Gasteiger partial charge in [0.05, 0.1) is 0 Å². The second-order valence-corrected chi connectivity index (χ2v) is 6.75. The molecular formula is C15H24BrN3. The Morgan fingerprint density at radius 2 is 2.00 bits per heavy atom. The molecule has 19 heavy (non-hydrogen) atoms. The van der Waals surface area contributed by atoms with Gasteiger partial charge in [-0.1, -0.05) is 27.7 Å². The predicted octanol–water partition coefficient (Wildman–Crippen LogP) is 4.38. The molecule has 2 rings (SSSR count). The SMILES string of the molecule is CCC1(CC)CCN(c2cc(Br)nc(C(C)C)n2)C1. The van der Waals surface area contributed by atoms with E-state index in [9.17, 15) is 0 Å². The second kappa shape index (κ2) is 5.78. The van der Waals surface area contributed by atoms with Crippen molar-refractivity contribution in [3.05, 3.63) is 16.5 Å². The Hall–Kier alpha value is -0.640. The number of anilines is 1. The molecule has 3 nitrogen and oxygen atoms in total. The van der Waals surface area contributed by atoms with Gasteiger partial charge in [-0.05, 0) is 40.6 Å². The maximum atomic E-state index is 4.73. The van der Waals surface area contributed by atoms with Gasteiger partial charge in [0.1, 0.15) is 16.2 Å². The minimum Gasteiger partial charge on any atom is -0.356 e. The second-order valence-electron chi connectivity index (χ2n) is 5.94. The summed E-state index contributed by atoms with van der Waals surface area (Å²) >= 11 is 3.51. The van der Waals surface area contributed by atoms with Crippen molar-refractivity contribution in [1.29, 1.82) is 0 Å². The Morgan fingerprint density at radius 1 is 1.32 bits per heavy atom. The Kier molecular flexibility index (Phi) is 4.49. The summed E-state index contributed by atoms with van der Waals surface area (Å²) in [6.45, 7) is 11.1. The van der Waals surface area contributed by atoms with Crippen molar-refractivity contribution in [1.82, 2.24) is 9.97 Å². The molecule has 1 saturated heterocycles. The van der Waals surface area contributed by atoms with E-state index < -0.39 is 0 Å². The number of aromatic nitrogens is 2. The minimum absolute atomic E-state index is 0.362. The van der Waals surface area contributed by atoms with Gasteiger partial charge in [0.15, 0.2) is 0 Å². The van der Waals surface area contributed by atoms with E-state index >= 15 is 0 Å². The smallest absolute Gasteiger partial charge is 0.134 e. The third-order valence-corrected chi connectivity index (χ3v) is 4.88. The number of hydrogen-bond acceptors (Lipinski definition) is 3. The summed E-state index contributed by atoms with van der Waals surface area (Å²) in [6, 6.07) is 2.05. The third kappa shape index (κ3) is 3.10. The summed E-state index contributed by atoms with van der Waals surface area (Å²) in [6.07, 6.45) is 3.78. The largest absolute Gasteiger partial charge is 0.356 e. The molecule has 1 aliphatic rings. The van der Waals surface area contributed by atoms with Gasteiger partial charge in [-0.3, -0.25) is 0 Å². The van der Waals surface area contributed by atoms with Crippen LogP contribution >= 0.6 is 15.9 Å². The Balaban J connectivity index is 2.24. The lowest BCUT2D eigenvalue weighted by molar-refractivity contribution is 0.301. The maximum Gasteiger partial charge on any atom is 0.134 e. The van der Waals surface area contributed by atoms with E-state index in [-0.39, 0.29) is 0 Å². The Labute approximate surface area is 125 Å². The topological polar surface area (TPSA) is 29.0 Å². The van der Waals surface area contributed by atoms with Crippen LogP contribution in [-0.2, 0) is 0 Å². The standard InChI is InChI=1S/C15H24BrN3/c1-5-15(6-2)7-8-19(10-15)13-9-12(16)17-14(18-13)11(3)4/h9,11H,5-8,10H2,1-4H3. The van der Waals surface area contributed by atoms with Crippen LogP contribution in [0.3, 0.4) is 0 Å². The van der Waals surface area contributed by atoms with Crippen molar-refractivity contribution in [3.8, 4) is 0 Å². The van der Waals surface area contributed by atoms with Crippen LogP contribution < -0.4 is 4.90 Å². The highest BCUT2D eigenvalue weighted by atomic mass is 79.9. The zero-order valence-electron chi connectivity index (χ0n) is 12.4. The number of halogens is 1.